The Balaban J connectivity index is 2.21. The number of hydrogen-bond donors (Lipinski definition) is 2. The summed E-state index contributed by atoms with van der Waals surface area (Å²) in [6.45, 7) is 4.65. The molecule has 1 heterocycles. The molecule has 1 aliphatic rings. The number of rotatable bonds is 4. The van der Waals surface area contributed by atoms with E-state index >= 15 is 0 Å². The lowest BCUT2D eigenvalue weighted by Gasteiger charge is -2.35. The molecule has 0 saturated carbocycles. The molecule has 0 aliphatic carbocycles. The minimum absolute atomic E-state index is 0.00587. The monoisotopic (exact) mass is 265 g/mol. The fraction of sp³-hybridized carbons (Fsp3) is 0.571. The van der Waals surface area contributed by atoms with Gasteiger partial charge in [0.15, 0.2) is 0 Å². The van der Waals surface area contributed by atoms with Gasteiger partial charge in [0.1, 0.15) is 5.75 Å². The molecule has 0 radical (unpaired) electrons. The molecule has 2 unspecified atom stereocenters. The number of morpholine rings is 1. The van der Waals surface area contributed by atoms with Crippen LogP contribution in [0.1, 0.15) is 17.2 Å². The number of hydrazine groups is 1. The second kappa shape index (κ2) is 6.34. The Kier molecular flexibility index (Phi) is 4.76. The van der Waals surface area contributed by atoms with Gasteiger partial charge in [-0.2, -0.15) is 0 Å². The van der Waals surface area contributed by atoms with Crippen LogP contribution < -0.4 is 16.0 Å². The van der Waals surface area contributed by atoms with Gasteiger partial charge in [-0.05, 0) is 37.2 Å². The minimum Gasteiger partial charge on any atom is -0.497 e. The Morgan fingerprint density at radius 3 is 2.89 bits per heavy atom. The second-order valence-electron chi connectivity index (χ2n) is 5.04. The van der Waals surface area contributed by atoms with Crippen LogP contribution in [0.4, 0.5) is 0 Å². The Bertz CT molecular complexity index is 425. The number of nitrogens with two attached hydrogens (primary N) is 1. The summed E-state index contributed by atoms with van der Waals surface area (Å²) in [4.78, 5) is 2.26. The second-order valence-corrected chi connectivity index (χ2v) is 5.04. The predicted molar refractivity (Wildman–Crippen MR) is 75.0 cm³/mol. The van der Waals surface area contributed by atoms with Crippen molar-refractivity contribution in [3.05, 3.63) is 29.3 Å². The first kappa shape index (κ1) is 14.3. The molecule has 2 atom stereocenters. The molecule has 1 aliphatic heterocycles. The average Bonchev–Trinajstić information content (AvgIpc) is 2.41. The van der Waals surface area contributed by atoms with Gasteiger partial charge in [-0.1, -0.05) is 6.07 Å². The fourth-order valence-electron chi connectivity index (χ4n) is 2.53. The van der Waals surface area contributed by atoms with Gasteiger partial charge < -0.3 is 14.4 Å². The summed E-state index contributed by atoms with van der Waals surface area (Å²) < 4.78 is 11.1. The Morgan fingerprint density at radius 2 is 2.32 bits per heavy atom. The van der Waals surface area contributed by atoms with Crippen molar-refractivity contribution in [1.29, 1.82) is 0 Å². The molecule has 2 rings (SSSR count). The molecule has 19 heavy (non-hydrogen) atoms. The van der Waals surface area contributed by atoms with Crippen molar-refractivity contribution in [2.45, 2.75) is 19.1 Å². The minimum atomic E-state index is -0.00587. The van der Waals surface area contributed by atoms with Crippen LogP contribution in [0.25, 0.3) is 0 Å². The molecule has 106 valence electrons. The van der Waals surface area contributed by atoms with Gasteiger partial charge in [0.05, 0.1) is 25.9 Å². The quantitative estimate of drug-likeness (QED) is 0.624. The van der Waals surface area contributed by atoms with E-state index in [1.807, 2.05) is 12.1 Å². The molecule has 1 saturated heterocycles. The zero-order valence-corrected chi connectivity index (χ0v) is 11.8. The standard InChI is InChI=1S/C14H23N3O2/c1-10-8-11(18-3)4-5-12(10)14(16-15)13-9-17(2)6-7-19-13/h4-5,8,13-14,16H,6-7,9,15H2,1-3H3. The molecular formula is C14H23N3O2. The smallest absolute Gasteiger partial charge is 0.119 e. The molecule has 0 amide bonds. The molecule has 0 bridgehead atoms. The van der Waals surface area contributed by atoms with E-state index in [0.717, 1.165) is 36.6 Å². The van der Waals surface area contributed by atoms with E-state index in [2.05, 4.69) is 30.4 Å². The van der Waals surface area contributed by atoms with Crippen molar-refractivity contribution in [1.82, 2.24) is 10.3 Å². The SMILES string of the molecule is COc1ccc(C(NN)C2CN(C)CCO2)c(C)c1. The fourth-order valence-corrected chi connectivity index (χ4v) is 2.53. The van der Waals surface area contributed by atoms with E-state index < -0.39 is 0 Å². The summed E-state index contributed by atoms with van der Waals surface area (Å²) >= 11 is 0. The lowest BCUT2D eigenvalue weighted by atomic mass is 9.96. The third-order valence-electron chi connectivity index (χ3n) is 3.66. The summed E-state index contributed by atoms with van der Waals surface area (Å²) in [6, 6.07) is 6.02. The van der Waals surface area contributed by atoms with Crippen LogP contribution in [0.3, 0.4) is 0 Å². The van der Waals surface area contributed by atoms with Gasteiger partial charge in [-0.3, -0.25) is 11.3 Å². The third kappa shape index (κ3) is 3.25. The van der Waals surface area contributed by atoms with Gasteiger partial charge in [-0.15, -0.1) is 0 Å². The van der Waals surface area contributed by atoms with E-state index in [9.17, 15) is 0 Å². The van der Waals surface area contributed by atoms with Crippen LogP contribution >= 0.6 is 0 Å². The maximum atomic E-state index is 5.85. The first-order valence-corrected chi connectivity index (χ1v) is 6.56. The van der Waals surface area contributed by atoms with Gasteiger partial charge in [0, 0.05) is 13.1 Å². The number of aryl methyl sites for hydroxylation is 1. The van der Waals surface area contributed by atoms with Crippen molar-refractivity contribution in [2.75, 3.05) is 33.9 Å². The number of nitrogens with one attached hydrogen (secondary N) is 1. The van der Waals surface area contributed by atoms with Gasteiger partial charge in [0.25, 0.3) is 0 Å². The zero-order valence-electron chi connectivity index (χ0n) is 11.8. The highest BCUT2D eigenvalue weighted by Gasteiger charge is 2.28. The average molecular weight is 265 g/mol. The Morgan fingerprint density at radius 1 is 1.53 bits per heavy atom. The molecule has 0 spiro atoms. The van der Waals surface area contributed by atoms with Gasteiger partial charge in [-0.25, -0.2) is 0 Å². The van der Waals surface area contributed by atoms with Crippen molar-refractivity contribution < 1.29 is 9.47 Å². The van der Waals surface area contributed by atoms with E-state index in [0.29, 0.717) is 0 Å². The lowest BCUT2D eigenvalue weighted by Crippen LogP contribution is -2.48. The van der Waals surface area contributed by atoms with Crippen LogP contribution in [-0.4, -0.2) is 44.9 Å². The summed E-state index contributed by atoms with van der Waals surface area (Å²) in [5.74, 6) is 6.60. The topological polar surface area (TPSA) is 59.8 Å². The first-order chi connectivity index (χ1) is 9.15. The van der Waals surface area contributed by atoms with Crippen LogP contribution in [-0.2, 0) is 4.74 Å². The highest BCUT2D eigenvalue weighted by molar-refractivity contribution is 5.37. The highest BCUT2D eigenvalue weighted by atomic mass is 16.5. The highest BCUT2D eigenvalue weighted by Crippen LogP contribution is 2.27. The van der Waals surface area contributed by atoms with Crippen molar-refractivity contribution in [3.8, 4) is 5.75 Å². The summed E-state index contributed by atoms with van der Waals surface area (Å²) in [5, 5.41) is 0. The summed E-state index contributed by atoms with van der Waals surface area (Å²) in [6.07, 6.45) is 0.0656. The maximum absolute atomic E-state index is 5.85. The summed E-state index contributed by atoms with van der Waals surface area (Å²) in [7, 11) is 3.77. The largest absolute Gasteiger partial charge is 0.497 e. The Hall–Kier alpha value is -1.14. The molecule has 3 N–H and O–H groups in total. The number of benzene rings is 1. The van der Waals surface area contributed by atoms with Crippen molar-refractivity contribution in [2.24, 2.45) is 5.84 Å². The molecular weight excluding hydrogens is 242 g/mol. The molecule has 1 fully saturated rings. The molecule has 1 aromatic carbocycles. The predicted octanol–water partition coefficient (Wildman–Crippen LogP) is 0.839. The van der Waals surface area contributed by atoms with Crippen LogP contribution in [0.15, 0.2) is 18.2 Å². The van der Waals surface area contributed by atoms with Crippen LogP contribution in [0.2, 0.25) is 0 Å². The normalized spacial score (nSPS) is 22.2. The van der Waals surface area contributed by atoms with Crippen molar-refractivity contribution in [3.63, 3.8) is 0 Å². The number of nitrogens with zero attached hydrogens (tertiary/aromatic N) is 1. The third-order valence-corrected chi connectivity index (χ3v) is 3.66. The van der Waals surface area contributed by atoms with Crippen LogP contribution in [0.5, 0.6) is 5.75 Å². The van der Waals surface area contributed by atoms with E-state index in [-0.39, 0.29) is 12.1 Å². The Labute approximate surface area is 114 Å². The number of methoxy groups -OCH3 is 1. The van der Waals surface area contributed by atoms with E-state index in [4.69, 9.17) is 15.3 Å². The van der Waals surface area contributed by atoms with E-state index in [1.165, 1.54) is 0 Å². The molecule has 5 heteroatoms. The zero-order chi connectivity index (χ0) is 13.8. The van der Waals surface area contributed by atoms with E-state index in [1.54, 1.807) is 7.11 Å². The number of ether oxygens (including phenoxy) is 2. The number of hydrogen-bond acceptors (Lipinski definition) is 5. The van der Waals surface area contributed by atoms with Gasteiger partial charge >= 0.3 is 0 Å². The molecule has 5 nitrogen and oxygen atoms in total. The summed E-state index contributed by atoms with van der Waals surface area (Å²) in [5.41, 5.74) is 5.20. The first-order valence-electron chi connectivity index (χ1n) is 6.56. The molecule has 1 aromatic rings. The number of likely N-dealkylation sites (N-methyl/N-ethyl adjacent to an activating group) is 1. The van der Waals surface area contributed by atoms with Gasteiger partial charge in [0.2, 0.25) is 0 Å². The lowest BCUT2D eigenvalue weighted by molar-refractivity contribution is -0.0394. The van der Waals surface area contributed by atoms with Crippen LogP contribution in [0, 0.1) is 6.92 Å². The van der Waals surface area contributed by atoms with Crippen molar-refractivity contribution >= 4 is 0 Å². The molecule has 0 aromatic heterocycles. The maximum Gasteiger partial charge on any atom is 0.119 e.